The van der Waals surface area contributed by atoms with Crippen molar-refractivity contribution in [1.82, 2.24) is 19.3 Å². The molecular weight excluding hydrogens is 334 g/mol. The van der Waals surface area contributed by atoms with E-state index in [0.717, 1.165) is 23.0 Å². The van der Waals surface area contributed by atoms with E-state index in [4.69, 9.17) is 0 Å². The van der Waals surface area contributed by atoms with Crippen LogP contribution in [0, 0.1) is 20.8 Å². The van der Waals surface area contributed by atoms with E-state index in [-0.39, 0.29) is 5.54 Å². The van der Waals surface area contributed by atoms with E-state index >= 15 is 0 Å². The molecule has 1 aliphatic rings. The lowest BCUT2D eigenvalue weighted by Crippen LogP contribution is -2.36. The highest BCUT2D eigenvalue weighted by atomic mass is 15.3. The molecule has 0 spiro atoms. The van der Waals surface area contributed by atoms with Crippen molar-refractivity contribution >= 4 is 16.6 Å². The van der Waals surface area contributed by atoms with Gasteiger partial charge in [-0.15, -0.1) is 10.2 Å². The van der Waals surface area contributed by atoms with Crippen molar-refractivity contribution in [2.24, 2.45) is 0 Å². The van der Waals surface area contributed by atoms with E-state index in [1.165, 1.54) is 27.7 Å². The lowest BCUT2D eigenvalue weighted by Gasteiger charge is -2.35. The molecule has 0 saturated carbocycles. The van der Waals surface area contributed by atoms with Crippen LogP contribution in [0.1, 0.15) is 36.6 Å². The Balaban J connectivity index is 1.78. The molecule has 0 bridgehead atoms. The fourth-order valence-electron chi connectivity index (χ4n) is 4.24. The van der Waals surface area contributed by atoms with E-state index in [1.807, 2.05) is 6.92 Å². The summed E-state index contributed by atoms with van der Waals surface area (Å²) < 4.78 is 4.46. The zero-order valence-electron chi connectivity index (χ0n) is 16.3. The van der Waals surface area contributed by atoms with E-state index < -0.39 is 0 Å². The maximum atomic E-state index is 4.44. The lowest BCUT2D eigenvalue weighted by atomic mass is 9.97. The first-order valence-electron chi connectivity index (χ1n) is 9.29. The highest BCUT2D eigenvalue weighted by molar-refractivity contribution is 5.84. The van der Waals surface area contributed by atoms with E-state index in [2.05, 4.69) is 94.9 Å². The molecule has 5 rings (SSSR count). The molecule has 0 amide bonds. The van der Waals surface area contributed by atoms with Crippen LogP contribution in [0.5, 0.6) is 0 Å². The maximum absolute atomic E-state index is 4.44. The number of anilines is 1. The molecule has 2 aromatic heterocycles. The second kappa shape index (κ2) is 5.22. The average Bonchev–Trinajstić information content (AvgIpc) is 3.19. The first-order valence-corrected chi connectivity index (χ1v) is 9.29. The summed E-state index contributed by atoms with van der Waals surface area (Å²) in [6.45, 7) is 10.6. The Morgan fingerprint density at radius 2 is 1.78 bits per heavy atom. The van der Waals surface area contributed by atoms with Crippen LogP contribution in [0.2, 0.25) is 0 Å². The minimum absolute atomic E-state index is 0.264. The summed E-state index contributed by atoms with van der Waals surface area (Å²) in [7, 11) is 0. The molecule has 5 nitrogen and oxygen atoms in total. The smallest absolute Gasteiger partial charge is 0.162 e. The SMILES string of the molecule is Cc1ccc2c(ccn2-c2ccc3c(c2C)-n2c(C)nnc2C(C)(C)N3)c1. The van der Waals surface area contributed by atoms with E-state index in [1.54, 1.807) is 0 Å². The predicted molar refractivity (Wildman–Crippen MR) is 109 cm³/mol. The Morgan fingerprint density at radius 1 is 0.963 bits per heavy atom. The summed E-state index contributed by atoms with van der Waals surface area (Å²) in [5, 5.41) is 13.7. The minimum Gasteiger partial charge on any atom is -0.371 e. The fraction of sp³-hybridized carbons (Fsp3) is 0.273. The van der Waals surface area contributed by atoms with Gasteiger partial charge in [0.25, 0.3) is 0 Å². The molecule has 3 heterocycles. The third-order valence-electron chi connectivity index (χ3n) is 5.56. The summed E-state index contributed by atoms with van der Waals surface area (Å²) in [5.41, 5.74) is 6.86. The number of nitrogens with one attached hydrogen (secondary N) is 1. The molecule has 2 aromatic carbocycles. The fourth-order valence-corrected chi connectivity index (χ4v) is 4.24. The van der Waals surface area contributed by atoms with Crippen LogP contribution >= 0.6 is 0 Å². The quantitative estimate of drug-likeness (QED) is 0.532. The molecule has 136 valence electrons. The number of hydrogen-bond donors (Lipinski definition) is 1. The van der Waals surface area contributed by atoms with Gasteiger partial charge in [0.05, 0.1) is 28.1 Å². The van der Waals surface area contributed by atoms with Crippen molar-refractivity contribution in [3.05, 3.63) is 65.4 Å². The number of nitrogens with zero attached hydrogens (tertiary/aromatic N) is 4. The van der Waals surface area contributed by atoms with Crippen molar-refractivity contribution in [2.45, 2.75) is 40.2 Å². The van der Waals surface area contributed by atoms with Gasteiger partial charge in [0, 0.05) is 11.6 Å². The van der Waals surface area contributed by atoms with Gasteiger partial charge in [-0.3, -0.25) is 4.57 Å². The van der Waals surface area contributed by atoms with Crippen LogP contribution < -0.4 is 5.32 Å². The zero-order chi connectivity index (χ0) is 18.9. The van der Waals surface area contributed by atoms with Gasteiger partial charge < -0.3 is 9.88 Å². The number of rotatable bonds is 1. The number of fused-ring (bicyclic) bond motifs is 4. The van der Waals surface area contributed by atoms with Gasteiger partial charge in [-0.1, -0.05) is 11.6 Å². The van der Waals surface area contributed by atoms with Crippen molar-refractivity contribution in [3.63, 3.8) is 0 Å². The molecule has 0 fully saturated rings. The molecule has 5 heteroatoms. The third-order valence-corrected chi connectivity index (χ3v) is 5.56. The molecule has 1 aliphatic heterocycles. The molecule has 0 aliphatic carbocycles. The van der Waals surface area contributed by atoms with Crippen molar-refractivity contribution < 1.29 is 0 Å². The Kier molecular flexibility index (Phi) is 3.12. The highest BCUT2D eigenvalue weighted by Gasteiger charge is 2.35. The van der Waals surface area contributed by atoms with Crippen molar-refractivity contribution in [2.75, 3.05) is 5.32 Å². The Hall–Kier alpha value is -3.08. The van der Waals surface area contributed by atoms with E-state index in [9.17, 15) is 0 Å². The molecule has 0 atom stereocenters. The van der Waals surface area contributed by atoms with Crippen LogP contribution in [-0.2, 0) is 5.54 Å². The van der Waals surface area contributed by atoms with E-state index in [0.29, 0.717) is 0 Å². The van der Waals surface area contributed by atoms with Gasteiger partial charge in [0.2, 0.25) is 0 Å². The summed E-state index contributed by atoms with van der Waals surface area (Å²) in [4.78, 5) is 0. The number of benzene rings is 2. The summed E-state index contributed by atoms with van der Waals surface area (Å²) in [6, 6.07) is 13.1. The van der Waals surface area contributed by atoms with Gasteiger partial charge in [0.15, 0.2) is 5.82 Å². The second-order valence-electron chi connectivity index (χ2n) is 8.01. The average molecular weight is 357 g/mol. The molecule has 0 saturated heterocycles. The van der Waals surface area contributed by atoms with Gasteiger partial charge >= 0.3 is 0 Å². The third kappa shape index (κ3) is 2.17. The Bertz CT molecular complexity index is 1210. The molecule has 0 unspecified atom stereocenters. The monoisotopic (exact) mass is 357 g/mol. The second-order valence-corrected chi connectivity index (χ2v) is 8.01. The van der Waals surface area contributed by atoms with Crippen LogP contribution in [0.25, 0.3) is 22.3 Å². The molecule has 0 radical (unpaired) electrons. The minimum atomic E-state index is -0.264. The normalized spacial score (nSPS) is 14.7. The van der Waals surface area contributed by atoms with Gasteiger partial charge in [-0.2, -0.15) is 0 Å². The number of aromatic nitrogens is 4. The molecule has 27 heavy (non-hydrogen) atoms. The van der Waals surface area contributed by atoms with Crippen molar-refractivity contribution in [3.8, 4) is 11.4 Å². The highest BCUT2D eigenvalue weighted by Crippen LogP contribution is 2.40. The summed E-state index contributed by atoms with van der Waals surface area (Å²) >= 11 is 0. The zero-order valence-corrected chi connectivity index (χ0v) is 16.3. The van der Waals surface area contributed by atoms with Crippen molar-refractivity contribution in [1.29, 1.82) is 0 Å². The van der Waals surface area contributed by atoms with Gasteiger partial charge in [0.1, 0.15) is 5.82 Å². The summed E-state index contributed by atoms with van der Waals surface area (Å²) in [5.74, 6) is 1.86. The largest absolute Gasteiger partial charge is 0.371 e. The van der Waals surface area contributed by atoms with Gasteiger partial charge in [-0.05, 0) is 70.5 Å². The van der Waals surface area contributed by atoms with Crippen LogP contribution in [-0.4, -0.2) is 19.3 Å². The Morgan fingerprint density at radius 3 is 2.59 bits per heavy atom. The molecule has 1 N–H and O–H groups in total. The van der Waals surface area contributed by atoms with Gasteiger partial charge in [-0.25, -0.2) is 0 Å². The first kappa shape index (κ1) is 16.1. The number of hydrogen-bond acceptors (Lipinski definition) is 3. The standard InChI is InChI=1S/C22H23N5/c1-13-6-8-19-16(12-13)10-11-26(19)18-9-7-17-20(14(18)2)27-15(3)24-25-21(27)22(4,5)23-17/h6-12,23H,1-5H3. The first-order chi connectivity index (χ1) is 12.9. The van der Waals surface area contributed by atoms with Crippen LogP contribution in [0.4, 0.5) is 5.69 Å². The topological polar surface area (TPSA) is 47.7 Å². The molecule has 4 aromatic rings. The predicted octanol–water partition coefficient (Wildman–Crippen LogP) is 4.80. The summed E-state index contributed by atoms with van der Waals surface area (Å²) in [6.07, 6.45) is 2.15. The molecular formula is C22H23N5. The van der Waals surface area contributed by atoms with Crippen LogP contribution in [0.3, 0.4) is 0 Å². The Labute approximate surface area is 158 Å². The number of aryl methyl sites for hydroxylation is 2. The van der Waals surface area contributed by atoms with Crippen LogP contribution in [0.15, 0.2) is 42.6 Å². The maximum Gasteiger partial charge on any atom is 0.162 e. The lowest BCUT2D eigenvalue weighted by molar-refractivity contribution is 0.534.